The van der Waals surface area contributed by atoms with Gasteiger partial charge >= 0.3 is 0 Å². The van der Waals surface area contributed by atoms with Gasteiger partial charge in [0.05, 0.1) is 12.1 Å². The highest BCUT2D eigenvalue weighted by molar-refractivity contribution is 5.24. The summed E-state index contributed by atoms with van der Waals surface area (Å²) in [5, 5.41) is 13.0. The summed E-state index contributed by atoms with van der Waals surface area (Å²) in [6.07, 6.45) is 3.42. The molecule has 2 rings (SSSR count). The molecular weight excluding hydrogens is 226 g/mol. The largest absolute Gasteiger partial charge is 0.394 e. The fourth-order valence-corrected chi connectivity index (χ4v) is 2.20. The Labute approximate surface area is 109 Å². The molecule has 0 saturated heterocycles. The molecule has 3 heteroatoms. The van der Waals surface area contributed by atoms with E-state index in [1.54, 1.807) is 0 Å². The van der Waals surface area contributed by atoms with E-state index in [0.29, 0.717) is 6.61 Å². The number of hydrogen-bond acceptors (Lipinski definition) is 3. The van der Waals surface area contributed by atoms with Crippen molar-refractivity contribution in [3.05, 3.63) is 35.9 Å². The van der Waals surface area contributed by atoms with Crippen molar-refractivity contribution in [1.82, 2.24) is 5.32 Å². The highest BCUT2D eigenvalue weighted by Gasteiger charge is 2.29. The molecule has 0 radical (unpaired) electrons. The smallest absolute Gasteiger partial charge is 0.0688 e. The lowest BCUT2D eigenvalue weighted by molar-refractivity contribution is 0.0769. The van der Waals surface area contributed by atoms with Gasteiger partial charge < -0.3 is 15.2 Å². The predicted molar refractivity (Wildman–Crippen MR) is 72.4 cm³/mol. The van der Waals surface area contributed by atoms with Crippen LogP contribution in [0.3, 0.4) is 0 Å². The number of benzene rings is 1. The van der Waals surface area contributed by atoms with Crippen molar-refractivity contribution >= 4 is 0 Å². The Hall–Kier alpha value is -0.900. The first kappa shape index (κ1) is 13.5. The van der Waals surface area contributed by atoms with Crippen LogP contribution in [0.25, 0.3) is 0 Å². The number of ether oxygens (including phenoxy) is 1. The fraction of sp³-hybridized carbons (Fsp3) is 0.600. The van der Waals surface area contributed by atoms with Crippen molar-refractivity contribution in [2.75, 3.05) is 26.9 Å². The lowest BCUT2D eigenvalue weighted by Crippen LogP contribution is -2.44. The zero-order valence-electron chi connectivity index (χ0n) is 11.1. The normalized spacial score (nSPS) is 18.6. The Kier molecular flexibility index (Phi) is 4.75. The Morgan fingerprint density at radius 1 is 1.33 bits per heavy atom. The summed E-state index contributed by atoms with van der Waals surface area (Å²) in [6.45, 7) is 1.65. The molecule has 1 aromatic carbocycles. The van der Waals surface area contributed by atoms with E-state index in [-0.39, 0.29) is 12.1 Å². The van der Waals surface area contributed by atoms with Crippen molar-refractivity contribution in [1.29, 1.82) is 0 Å². The first-order valence-electron chi connectivity index (χ1n) is 6.74. The van der Waals surface area contributed by atoms with Gasteiger partial charge in [-0.25, -0.2) is 0 Å². The van der Waals surface area contributed by atoms with Crippen LogP contribution in [0.4, 0.5) is 0 Å². The van der Waals surface area contributed by atoms with Crippen LogP contribution < -0.4 is 5.32 Å². The summed E-state index contributed by atoms with van der Waals surface area (Å²) in [5.41, 5.74) is 0.732. The maximum absolute atomic E-state index is 9.73. The van der Waals surface area contributed by atoms with E-state index in [2.05, 4.69) is 5.32 Å². The van der Waals surface area contributed by atoms with E-state index in [4.69, 9.17) is 4.74 Å². The first-order valence-corrected chi connectivity index (χ1v) is 6.74. The summed E-state index contributed by atoms with van der Waals surface area (Å²) in [5.74, 6) is 0.792. The van der Waals surface area contributed by atoms with Crippen LogP contribution in [0.15, 0.2) is 30.3 Å². The van der Waals surface area contributed by atoms with E-state index in [9.17, 15) is 5.11 Å². The molecule has 0 amide bonds. The molecule has 1 aliphatic carbocycles. The standard InChI is InChI=1S/C15H23NO2/c1-16-15(12-17,14-5-3-2-4-6-14)9-10-18-11-13-7-8-13/h2-6,13,16-17H,7-12H2,1H3. The zero-order valence-corrected chi connectivity index (χ0v) is 11.1. The van der Waals surface area contributed by atoms with E-state index in [1.165, 1.54) is 12.8 Å². The second-order valence-electron chi connectivity index (χ2n) is 5.12. The number of nitrogens with one attached hydrogen (secondary N) is 1. The highest BCUT2D eigenvalue weighted by atomic mass is 16.5. The summed E-state index contributed by atoms with van der Waals surface area (Å²) < 4.78 is 5.69. The van der Waals surface area contributed by atoms with Crippen molar-refractivity contribution < 1.29 is 9.84 Å². The molecule has 2 N–H and O–H groups in total. The molecule has 0 bridgehead atoms. The second kappa shape index (κ2) is 6.32. The topological polar surface area (TPSA) is 41.5 Å². The minimum absolute atomic E-state index is 0.0836. The van der Waals surface area contributed by atoms with E-state index < -0.39 is 0 Å². The number of hydrogen-bond donors (Lipinski definition) is 2. The SMILES string of the molecule is CNC(CO)(CCOCC1CC1)c1ccccc1. The lowest BCUT2D eigenvalue weighted by atomic mass is 9.88. The molecule has 1 fully saturated rings. The average Bonchev–Trinajstić information content (AvgIpc) is 3.25. The molecular formula is C15H23NO2. The molecule has 1 unspecified atom stereocenters. The number of aliphatic hydroxyl groups excluding tert-OH is 1. The van der Waals surface area contributed by atoms with Crippen molar-refractivity contribution in [2.45, 2.75) is 24.8 Å². The van der Waals surface area contributed by atoms with Crippen LogP contribution in [0.5, 0.6) is 0 Å². The maximum atomic E-state index is 9.73. The quantitative estimate of drug-likeness (QED) is 0.692. The van der Waals surface area contributed by atoms with Gasteiger partial charge in [-0.1, -0.05) is 30.3 Å². The van der Waals surface area contributed by atoms with E-state index in [1.807, 2.05) is 37.4 Å². The molecule has 100 valence electrons. The fourth-order valence-electron chi connectivity index (χ4n) is 2.20. The molecule has 0 heterocycles. The molecule has 0 aliphatic heterocycles. The van der Waals surface area contributed by atoms with Crippen molar-refractivity contribution in [3.63, 3.8) is 0 Å². The first-order chi connectivity index (χ1) is 8.80. The second-order valence-corrected chi connectivity index (χ2v) is 5.12. The van der Waals surface area contributed by atoms with E-state index in [0.717, 1.165) is 24.5 Å². The third-order valence-electron chi connectivity index (χ3n) is 3.80. The van der Waals surface area contributed by atoms with Crippen molar-refractivity contribution in [3.8, 4) is 0 Å². The Morgan fingerprint density at radius 2 is 2.06 bits per heavy atom. The highest BCUT2D eigenvalue weighted by Crippen LogP contribution is 2.29. The minimum atomic E-state index is -0.384. The van der Waals surface area contributed by atoms with Crippen LogP contribution >= 0.6 is 0 Å². The summed E-state index contributed by atoms with van der Waals surface area (Å²) in [6, 6.07) is 10.1. The van der Waals surface area contributed by atoms with Crippen LogP contribution in [0, 0.1) is 5.92 Å². The third kappa shape index (κ3) is 3.31. The number of likely N-dealkylation sites (N-methyl/N-ethyl adjacent to an activating group) is 1. The zero-order chi connectivity index (χ0) is 12.8. The Bertz CT molecular complexity index is 345. The predicted octanol–water partition coefficient (Wildman–Crippen LogP) is 1.91. The summed E-state index contributed by atoms with van der Waals surface area (Å²) in [4.78, 5) is 0. The van der Waals surface area contributed by atoms with Gasteiger partial charge in [0, 0.05) is 13.2 Å². The van der Waals surface area contributed by atoms with Crippen LogP contribution in [0.1, 0.15) is 24.8 Å². The third-order valence-corrected chi connectivity index (χ3v) is 3.80. The lowest BCUT2D eigenvalue weighted by Gasteiger charge is -2.32. The molecule has 3 nitrogen and oxygen atoms in total. The van der Waals surface area contributed by atoms with Gasteiger partial charge in [0.15, 0.2) is 0 Å². The summed E-state index contributed by atoms with van der Waals surface area (Å²) >= 11 is 0. The molecule has 1 aliphatic rings. The van der Waals surface area contributed by atoms with Gasteiger partial charge in [0.1, 0.15) is 0 Å². The van der Waals surface area contributed by atoms with Gasteiger partial charge in [0.25, 0.3) is 0 Å². The Balaban J connectivity index is 1.92. The summed E-state index contributed by atoms with van der Waals surface area (Å²) in [7, 11) is 1.89. The van der Waals surface area contributed by atoms with Gasteiger partial charge in [-0.2, -0.15) is 0 Å². The Morgan fingerprint density at radius 3 is 2.61 bits per heavy atom. The van der Waals surface area contributed by atoms with Crippen LogP contribution in [-0.4, -0.2) is 32.0 Å². The molecule has 0 spiro atoms. The molecule has 1 saturated carbocycles. The average molecular weight is 249 g/mol. The van der Waals surface area contributed by atoms with Crippen LogP contribution in [-0.2, 0) is 10.3 Å². The molecule has 1 atom stereocenters. The number of aliphatic hydroxyl groups is 1. The molecule has 0 aromatic heterocycles. The van der Waals surface area contributed by atoms with Gasteiger partial charge in [-0.05, 0) is 37.8 Å². The number of rotatable bonds is 8. The van der Waals surface area contributed by atoms with Gasteiger partial charge in [-0.15, -0.1) is 0 Å². The van der Waals surface area contributed by atoms with Gasteiger partial charge in [-0.3, -0.25) is 0 Å². The molecule has 1 aromatic rings. The minimum Gasteiger partial charge on any atom is -0.394 e. The molecule has 18 heavy (non-hydrogen) atoms. The van der Waals surface area contributed by atoms with Crippen LogP contribution in [0.2, 0.25) is 0 Å². The van der Waals surface area contributed by atoms with Crippen molar-refractivity contribution in [2.24, 2.45) is 5.92 Å². The maximum Gasteiger partial charge on any atom is 0.0688 e. The van der Waals surface area contributed by atoms with Gasteiger partial charge in [0.2, 0.25) is 0 Å². The monoisotopic (exact) mass is 249 g/mol. The van der Waals surface area contributed by atoms with E-state index >= 15 is 0 Å².